The van der Waals surface area contributed by atoms with E-state index in [4.69, 9.17) is 0 Å². The Bertz CT molecular complexity index is 614. The van der Waals surface area contributed by atoms with Crippen LogP contribution in [0.3, 0.4) is 0 Å². The monoisotopic (exact) mass is 332 g/mol. The molecule has 23 heavy (non-hydrogen) atoms. The lowest BCUT2D eigenvalue weighted by molar-refractivity contribution is -0.159. The second-order valence-corrected chi connectivity index (χ2v) is 5.08. The molecule has 0 aromatic carbocycles. The van der Waals surface area contributed by atoms with E-state index in [1.54, 1.807) is 0 Å². The number of rotatable bonds is 4. The van der Waals surface area contributed by atoms with E-state index in [0.29, 0.717) is 19.4 Å². The fourth-order valence-electron chi connectivity index (χ4n) is 2.32. The third-order valence-electron chi connectivity index (χ3n) is 3.44. The minimum atomic E-state index is -4.74. The van der Waals surface area contributed by atoms with Gasteiger partial charge in [0.05, 0.1) is 6.04 Å². The Labute approximate surface area is 129 Å². The second kappa shape index (κ2) is 6.39. The van der Waals surface area contributed by atoms with E-state index in [9.17, 15) is 22.8 Å². The van der Waals surface area contributed by atoms with E-state index in [-0.39, 0.29) is 11.7 Å². The number of nitrogens with one attached hydrogen (secondary N) is 1. The zero-order valence-electron chi connectivity index (χ0n) is 12.3. The molecule has 10 heteroatoms. The standard InChI is InChI=1S/C13H15F3N4O3/c1-3-9(21)20-6-4-5-8(20)11(22)17-7(2)10-18-12(23-19-10)13(14,15)16/h3,7-8H,1,4-6H2,2H3,(H,17,22). The number of nitrogens with zero attached hydrogens (tertiary/aromatic N) is 3. The second-order valence-electron chi connectivity index (χ2n) is 5.08. The molecule has 2 atom stereocenters. The Morgan fingerprint density at radius 3 is 2.78 bits per heavy atom. The number of hydrogen-bond acceptors (Lipinski definition) is 5. The minimum Gasteiger partial charge on any atom is -0.344 e. The van der Waals surface area contributed by atoms with Crippen LogP contribution in [-0.4, -0.2) is 39.4 Å². The number of carbonyl (C=O) groups is 2. The Balaban J connectivity index is 2.03. The molecule has 0 aliphatic carbocycles. The topological polar surface area (TPSA) is 88.3 Å². The van der Waals surface area contributed by atoms with E-state index < -0.39 is 30.1 Å². The lowest BCUT2D eigenvalue weighted by Gasteiger charge is -2.23. The fourth-order valence-corrected chi connectivity index (χ4v) is 2.32. The Morgan fingerprint density at radius 2 is 2.22 bits per heavy atom. The van der Waals surface area contributed by atoms with Crippen LogP contribution in [0, 0.1) is 0 Å². The summed E-state index contributed by atoms with van der Waals surface area (Å²) >= 11 is 0. The van der Waals surface area contributed by atoms with Gasteiger partial charge in [0.25, 0.3) is 0 Å². The molecular formula is C13H15F3N4O3. The summed E-state index contributed by atoms with van der Waals surface area (Å²) < 4.78 is 41.4. The van der Waals surface area contributed by atoms with Crippen molar-refractivity contribution >= 4 is 11.8 Å². The molecule has 1 saturated heterocycles. The molecule has 1 aromatic heterocycles. The minimum absolute atomic E-state index is 0.287. The van der Waals surface area contributed by atoms with E-state index in [0.717, 1.165) is 6.08 Å². The summed E-state index contributed by atoms with van der Waals surface area (Å²) in [5.74, 6) is -2.61. The van der Waals surface area contributed by atoms with Crippen LogP contribution in [0.15, 0.2) is 17.2 Å². The number of likely N-dealkylation sites (tertiary alicyclic amines) is 1. The van der Waals surface area contributed by atoms with Crippen molar-refractivity contribution < 1.29 is 27.3 Å². The molecule has 0 bridgehead atoms. The van der Waals surface area contributed by atoms with Gasteiger partial charge < -0.3 is 14.7 Å². The first-order valence-corrected chi connectivity index (χ1v) is 6.88. The van der Waals surface area contributed by atoms with Crippen LogP contribution >= 0.6 is 0 Å². The number of carbonyl (C=O) groups excluding carboxylic acids is 2. The predicted octanol–water partition coefficient (Wildman–Crippen LogP) is 1.44. The van der Waals surface area contributed by atoms with Crippen molar-refractivity contribution in [1.29, 1.82) is 0 Å². The third-order valence-corrected chi connectivity index (χ3v) is 3.44. The summed E-state index contributed by atoms with van der Waals surface area (Å²) in [6.07, 6.45) is -2.50. The Morgan fingerprint density at radius 1 is 1.52 bits per heavy atom. The molecule has 1 fully saturated rings. The van der Waals surface area contributed by atoms with Crippen molar-refractivity contribution in [3.8, 4) is 0 Å². The highest BCUT2D eigenvalue weighted by Gasteiger charge is 2.39. The first-order chi connectivity index (χ1) is 10.7. The van der Waals surface area contributed by atoms with Gasteiger partial charge in [0, 0.05) is 6.54 Å². The molecule has 1 aliphatic heterocycles. The first-order valence-electron chi connectivity index (χ1n) is 6.88. The normalized spacial score (nSPS) is 19.5. The van der Waals surface area contributed by atoms with Gasteiger partial charge in [0.2, 0.25) is 11.8 Å². The van der Waals surface area contributed by atoms with E-state index in [1.807, 2.05) is 0 Å². The van der Waals surface area contributed by atoms with E-state index in [1.165, 1.54) is 11.8 Å². The predicted molar refractivity (Wildman–Crippen MR) is 70.8 cm³/mol. The highest BCUT2D eigenvalue weighted by Crippen LogP contribution is 2.28. The maximum atomic E-state index is 12.4. The third kappa shape index (κ3) is 3.69. The lowest BCUT2D eigenvalue weighted by Crippen LogP contribution is -2.46. The van der Waals surface area contributed by atoms with Gasteiger partial charge in [-0.25, -0.2) is 0 Å². The molecule has 1 aromatic rings. The fraction of sp³-hybridized carbons (Fsp3) is 0.538. The summed E-state index contributed by atoms with van der Waals surface area (Å²) in [5, 5.41) is 5.71. The molecule has 2 unspecified atom stereocenters. The number of alkyl halides is 3. The molecule has 0 saturated carbocycles. The molecule has 0 radical (unpaired) electrons. The number of hydrogen-bond donors (Lipinski definition) is 1. The SMILES string of the molecule is C=CC(=O)N1CCCC1C(=O)NC(C)c1noc(C(F)(F)F)n1. The lowest BCUT2D eigenvalue weighted by atomic mass is 10.2. The largest absolute Gasteiger partial charge is 0.471 e. The van der Waals surface area contributed by atoms with Gasteiger partial charge in [-0.05, 0) is 25.8 Å². The number of amides is 2. The molecule has 1 N–H and O–H groups in total. The molecule has 0 spiro atoms. The van der Waals surface area contributed by atoms with Crippen LogP contribution in [-0.2, 0) is 15.8 Å². The molecular weight excluding hydrogens is 317 g/mol. The van der Waals surface area contributed by atoms with Crippen LogP contribution in [0.2, 0.25) is 0 Å². The first kappa shape index (κ1) is 17.0. The number of aromatic nitrogens is 2. The molecule has 2 amide bonds. The van der Waals surface area contributed by atoms with Crippen molar-refractivity contribution in [3.63, 3.8) is 0 Å². The van der Waals surface area contributed by atoms with Crippen LogP contribution < -0.4 is 5.32 Å². The van der Waals surface area contributed by atoms with E-state index >= 15 is 0 Å². The van der Waals surface area contributed by atoms with Gasteiger partial charge in [-0.3, -0.25) is 9.59 Å². The maximum absolute atomic E-state index is 12.4. The molecule has 7 nitrogen and oxygen atoms in total. The highest BCUT2D eigenvalue weighted by molar-refractivity contribution is 5.93. The molecule has 1 aliphatic rings. The molecule has 2 heterocycles. The Kier molecular flexibility index (Phi) is 4.71. The van der Waals surface area contributed by atoms with Gasteiger partial charge in [-0.1, -0.05) is 11.7 Å². The van der Waals surface area contributed by atoms with E-state index in [2.05, 4.69) is 26.6 Å². The van der Waals surface area contributed by atoms with Gasteiger partial charge in [0.15, 0.2) is 5.82 Å². The molecule has 2 rings (SSSR count). The zero-order valence-corrected chi connectivity index (χ0v) is 12.3. The zero-order chi connectivity index (χ0) is 17.2. The van der Waals surface area contributed by atoms with Crippen LogP contribution in [0.4, 0.5) is 13.2 Å². The van der Waals surface area contributed by atoms with Crippen molar-refractivity contribution in [2.75, 3.05) is 6.54 Å². The van der Waals surface area contributed by atoms with Crippen LogP contribution in [0.25, 0.3) is 0 Å². The maximum Gasteiger partial charge on any atom is 0.471 e. The summed E-state index contributed by atoms with van der Waals surface area (Å²) in [6.45, 7) is 5.23. The average Bonchev–Trinajstić information content (AvgIpc) is 3.14. The van der Waals surface area contributed by atoms with Gasteiger partial charge in [0.1, 0.15) is 6.04 Å². The van der Waals surface area contributed by atoms with Crippen LogP contribution in [0.5, 0.6) is 0 Å². The summed E-state index contributed by atoms with van der Waals surface area (Å²) in [5.41, 5.74) is 0. The van der Waals surface area contributed by atoms with Gasteiger partial charge in [-0.2, -0.15) is 18.2 Å². The highest BCUT2D eigenvalue weighted by atomic mass is 19.4. The summed E-state index contributed by atoms with van der Waals surface area (Å²) in [4.78, 5) is 28.5. The van der Waals surface area contributed by atoms with Crippen molar-refractivity contribution in [2.24, 2.45) is 0 Å². The smallest absolute Gasteiger partial charge is 0.344 e. The van der Waals surface area contributed by atoms with Crippen molar-refractivity contribution in [1.82, 2.24) is 20.4 Å². The van der Waals surface area contributed by atoms with Crippen molar-refractivity contribution in [3.05, 3.63) is 24.4 Å². The van der Waals surface area contributed by atoms with Gasteiger partial charge in [-0.15, -0.1) is 0 Å². The number of halogens is 3. The summed E-state index contributed by atoms with van der Waals surface area (Å²) in [7, 11) is 0. The summed E-state index contributed by atoms with van der Waals surface area (Å²) in [6, 6.07) is -1.57. The van der Waals surface area contributed by atoms with Crippen molar-refractivity contribution in [2.45, 2.75) is 38.0 Å². The van der Waals surface area contributed by atoms with Gasteiger partial charge >= 0.3 is 12.1 Å². The Hall–Kier alpha value is -2.39. The average molecular weight is 332 g/mol. The quantitative estimate of drug-likeness (QED) is 0.843. The van der Waals surface area contributed by atoms with Crippen LogP contribution in [0.1, 0.15) is 37.5 Å². The molecule has 126 valence electrons.